The Morgan fingerprint density at radius 2 is 1.46 bits per heavy atom. The van der Waals surface area contributed by atoms with Gasteiger partial charge in [-0.05, 0) is 44.9 Å². The number of ether oxygens (including phenoxy) is 1. The predicted molar refractivity (Wildman–Crippen MR) is 103 cm³/mol. The molecule has 0 amide bonds. The molecule has 140 valence electrons. The molecule has 1 aliphatic carbocycles. The Labute approximate surface area is 150 Å². The molecular weight excluding hydrogens is 296 g/mol. The molecule has 0 radical (unpaired) electrons. The van der Waals surface area contributed by atoms with Crippen molar-refractivity contribution in [2.45, 2.75) is 116 Å². The minimum atomic E-state index is 0.0233. The summed E-state index contributed by atoms with van der Waals surface area (Å²) in [7, 11) is 0. The lowest BCUT2D eigenvalue weighted by Crippen LogP contribution is -2.15. The van der Waals surface area contributed by atoms with Gasteiger partial charge in [0.25, 0.3) is 0 Å². The van der Waals surface area contributed by atoms with E-state index >= 15 is 0 Å². The Bertz CT molecular complexity index is 331. The fourth-order valence-corrected chi connectivity index (χ4v) is 2.93. The highest BCUT2D eigenvalue weighted by molar-refractivity contribution is 5.72. The molecule has 0 spiro atoms. The molecule has 0 saturated heterocycles. The summed E-state index contributed by atoms with van der Waals surface area (Å²) in [6.07, 6.45) is 23.9. The Morgan fingerprint density at radius 1 is 0.917 bits per heavy atom. The molecule has 2 heteroatoms. The summed E-state index contributed by atoms with van der Waals surface area (Å²) >= 11 is 0. The average Bonchev–Trinajstić information content (AvgIpc) is 3.38. The number of hydrogen-bond donors (Lipinski definition) is 0. The third-order valence-corrected chi connectivity index (χ3v) is 4.86. The van der Waals surface area contributed by atoms with E-state index < -0.39 is 0 Å². The van der Waals surface area contributed by atoms with Crippen LogP contribution in [0.1, 0.15) is 110 Å². The van der Waals surface area contributed by atoms with E-state index in [2.05, 4.69) is 19.1 Å². The van der Waals surface area contributed by atoms with Crippen LogP contribution < -0.4 is 0 Å². The summed E-state index contributed by atoms with van der Waals surface area (Å²) in [5.41, 5.74) is 0. The number of carbonyl (C=O) groups is 1. The van der Waals surface area contributed by atoms with E-state index in [1.54, 1.807) is 0 Å². The van der Waals surface area contributed by atoms with Crippen molar-refractivity contribution in [3.8, 4) is 0 Å². The largest absolute Gasteiger partial charge is 0.462 e. The zero-order chi connectivity index (χ0) is 17.5. The number of hydrogen-bond acceptors (Lipinski definition) is 2. The zero-order valence-electron chi connectivity index (χ0n) is 16.2. The summed E-state index contributed by atoms with van der Waals surface area (Å²) in [6.45, 7) is 4.28. The van der Waals surface area contributed by atoms with E-state index in [-0.39, 0.29) is 18.0 Å². The van der Waals surface area contributed by atoms with Gasteiger partial charge < -0.3 is 4.74 Å². The topological polar surface area (TPSA) is 26.3 Å². The van der Waals surface area contributed by atoms with Gasteiger partial charge >= 0.3 is 5.97 Å². The van der Waals surface area contributed by atoms with Crippen molar-refractivity contribution in [2.24, 2.45) is 5.92 Å². The first-order chi connectivity index (χ1) is 11.7. The second kappa shape index (κ2) is 14.5. The van der Waals surface area contributed by atoms with Gasteiger partial charge in [-0.25, -0.2) is 0 Å². The van der Waals surface area contributed by atoms with Gasteiger partial charge in [-0.3, -0.25) is 4.79 Å². The second-order valence-corrected chi connectivity index (χ2v) is 7.56. The molecule has 1 unspecified atom stereocenters. The Kier molecular flexibility index (Phi) is 12.9. The molecule has 0 bridgehead atoms. The molecule has 0 aromatic carbocycles. The molecule has 0 aromatic rings. The summed E-state index contributed by atoms with van der Waals surface area (Å²) in [5, 5.41) is 0. The van der Waals surface area contributed by atoms with E-state index in [0.717, 1.165) is 25.7 Å². The molecule has 24 heavy (non-hydrogen) atoms. The van der Waals surface area contributed by atoms with Gasteiger partial charge in [-0.1, -0.05) is 77.4 Å². The fourth-order valence-electron chi connectivity index (χ4n) is 2.93. The maximum absolute atomic E-state index is 11.7. The minimum absolute atomic E-state index is 0.0233. The van der Waals surface area contributed by atoms with Gasteiger partial charge in [-0.2, -0.15) is 0 Å². The summed E-state index contributed by atoms with van der Waals surface area (Å²) in [5.74, 6) is 0.109. The van der Waals surface area contributed by atoms with Crippen LogP contribution >= 0.6 is 0 Å². The van der Waals surface area contributed by atoms with Gasteiger partial charge in [0.2, 0.25) is 0 Å². The monoisotopic (exact) mass is 336 g/mol. The maximum atomic E-state index is 11.7. The van der Waals surface area contributed by atoms with Crippen LogP contribution in [0.4, 0.5) is 0 Å². The number of carbonyl (C=O) groups excluding carboxylic acids is 1. The normalized spacial score (nSPS) is 15.8. The van der Waals surface area contributed by atoms with Gasteiger partial charge in [0.15, 0.2) is 0 Å². The van der Waals surface area contributed by atoms with Crippen LogP contribution in [0.3, 0.4) is 0 Å². The Hall–Kier alpha value is -0.790. The quantitative estimate of drug-likeness (QED) is 0.173. The molecule has 1 aliphatic rings. The van der Waals surface area contributed by atoms with Crippen LogP contribution in [0.5, 0.6) is 0 Å². The molecule has 1 fully saturated rings. The van der Waals surface area contributed by atoms with Gasteiger partial charge in [0.05, 0.1) is 5.92 Å². The second-order valence-electron chi connectivity index (χ2n) is 7.56. The van der Waals surface area contributed by atoms with Crippen LogP contribution in [0.15, 0.2) is 12.2 Å². The SMILES string of the molecule is CCCCCCCC/C=C\CCCCCCC(C)C(=O)OC1CC1. The van der Waals surface area contributed by atoms with Crippen molar-refractivity contribution < 1.29 is 9.53 Å². The van der Waals surface area contributed by atoms with E-state index in [9.17, 15) is 4.79 Å². The first-order valence-corrected chi connectivity index (χ1v) is 10.6. The average molecular weight is 337 g/mol. The number of esters is 1. The van der Waals surface area contributed by atoms with E-state index in [0.29, 0.717) is 0 Å². The van der Waals surface area contributed by atoms with Gasteiger partial charge in [-0.15, -0.1) is 0 Å². The molecule has 0 aliphatic heterocycles. The van der Waals surface area contributed by atoms with Crippen LogP contribution in [0.2, 0.25) is 0 Å². The highest BCUT2D eigenvalue weighted by atomic mass is 16.5. The first kappa shape index (κ1) is 21.3. The van der Waals surface area contributed by atoms with Crippen LogP contribution in [-0.4, -0.2) is 12.1 Å². The first-order valence-electron chi connectivity index (χ1n) is 10.6. The molecule has 2 nitrogen and oxygen atoms in total. The zero-order valence-corrected chi connectivity index (χ0v) is 16.2. The van der Waals surface area contributed by atoms with Crippen molar-refractivity contribution >= 4 is 5.97 Å². The minimum Gasteiger partial charge on any atom is -0.462 e. The summed E-state index contributed by atoms with van der Waals surface area (Å²) in [4.78, 5) is 11.7. The van der Waals surface area contributed by atoms with Crippen molar-refractivity contribution in [3.63, 3.8) is 0 Å². The molecule has 0 heterocycles. The van der Waals surface area contributed by atoms with Gasteiger partial charge in [0.1, 0.15) is 6.10 Å². The van der Waals surface area contributed by atoms with Crippen molar-refractivity contribution in [1.82, 2.24) is 0 Å². The Balaban J connectivity index is 1.79. The predicted octanol–water partition coefficient (Wildman–Crippen LogP) is 6.98. The molecule has 1 rings (SSSR count). The molecular formula is C22H40O2. The lowest BCUT2D eigenvalue weighted by atomic mass is 10.0. The van der Waals surface area contributed by atoms with E-state index in [4.69, 9.17) is 4.74 Å². The molecule has 0 N–H and O–H groups in total. The Morgan fingerprint density at radius 3 is 2.04 bits per heavy atom. The summed E-state index contributed by atoms with van der Waals surface area (Å²) in [6, 6.07) is 0. The highest BCUT2D eigenvalue weighted by Crippen LogP contribution is 2.25. The maximum Gasteiger partial charge on any atom is 0.308 e. The molecule has 0 aromatic heterocycles. The lowest BCUT2D eigenvalue weighted by molar-refractivity contribution is -0.149. The molecule has 1 atom stereocenters. The number of allylic oxidation sites excluding steroid dienone is 2. The summed E-state index contributed by atoms with van der Waals surface area (Å²) < 4.78 is 5.34. The number of rotatable bonds is 16. The van der Waals surface area contributed by atoms with Crippen LogP contribution in [0.25, 0.3) is 0 Å². The standard InChI is InChI=1S/C22H40O2/c1-3-4-5-6-7-8-9-10-11-12-13-14-15-16-17-20(2)22(23)24-21-18-19-21/h10-11,20-21H,3-9,12-19H2,1-2H3/b11-10-. The van der Waals surface area contributed by atoms with Crippen molar-refractivity contribution in [2.75, 3.05) is 0 Å². The lowest BCUT2D eigenvalue weighted by Gasteiger charge is -2.10. The molecule has 1 saturated carbocycles. The fraction of sp³-hybridized carbons (Fsp3) is 0.864. The van der Waals surface area contributed by atoms with Crippen LogP contribution in [-0.2, 0) is 9.53 Å². The van der Waals surface area contributed by atoms with Gasteiger partial charge in [0, 0.05) is 0 Å². The van der Waals surface area contributed by atoms with Crippen molar-refractivity contribution in [3.05, 3.63) is 12.2 Å². The third kappa shape index (κ3) is 12.6. The highest BCUT2D eigenvalue weighted by Gasteiger charge is 2.27. The third-order valence-electron chi connectivity index (χ3n) is 4.86. The van der Waals surface area contributed by atoms with E-state index in [1.165, 1.54) is 70.6 Å². The number of unbranched alkanes of at least 4 members (excludes halogenated alkanes) is 10. The van der Waals surface area contributed by atoms with Crippen molar-refractivity contribution in [1.29, 1.82) is 0 Å². The van der Waals surface area contributed by atoms with Crippen LogP contribution in [0, 0.1) is 5.92 Å². The van der Waals surface area contributed by atoms with E-state index in [1.807, 2.05) is 6.92 Å². The smallest absolute Gasteiger partial charge is 0.308 e.